The van der Waals surface area contributed by atoms with Gasteiger partial charge in [0.15, 0.2) is 0 Å². The highest BCUT2D eigenvalue weighted by Gasteiger charge is 2.25. The van der Waals surface area contributed by atoms with Crippen LogP contribution < -0.4 is 4.74 Å². The Balaban J connectivity index is 1.52. The van der Waals surface area contributed by atoms with E-state index < -0.39 is 6.10 Å². The summed E-state index contributed by atoms with van der Waals surface area (Å²) in [6, 6.07) is 13.4. The van der Waals surface area contributed by atoms with E-state index in [0.29, 0.717) is 11.6 Å². The molecular formula is C21H23ClN2O3. The smallest absolute Gasteiger partial charge is 0.139 e. The SMILES string of the molecule is Cc1cc(Cl)ccc1OCC(O)Cn1c(C2CCCO2)nc2ccccc21. The van der Waals surface area contributed by atoms with Gasteiger partial charge in [-0.1, -0.05) is 23.7 Å². The number of para-hydroxylation sites is 2. The lowest BCUT2D eigenvalue weighted by atomic mass is 10.2. The molecule has 0 saturated carbocycles. The third-order valence-electron chi connectivity index (χ3n) is 4.86. The highest BCUT2D eigenvalue weighted by atomic mass is 35.5. The van der Waals surface area contributed by atoms with Crippen LogP contribution in [0, 0.1) is 6.92 Å². The first-order valence-electron chi connectivity index (χ1n) is 9.25. The van der Waals surface area contributed by atoms with Crippen LogP contribution in [0.5, 0.6) is 5.75 Å². The molecule has 2 heterocycles. The molecule has 6 heteroatoms. The van der Waals surface area contributed by atoms with Gasteiger partial charge in [-0.15, -0.1) is 0 Å². The Morgan fingerprint density at radius 3 is 2.96 bits per heavy atom. The minimum absolute atomic E-state index is 0.0102. The molecule has 1 aliphatic heterocycles. The van der Waals surface area contributed by atoms with E-state index in [1.807, 2.05) is 43.3 Å². The Bertz CT molecular complexity index is 934. The highest BCUT2D eigenvalue weighted by molar-refractivity contribution is 6.30. The lowest BCUT2D eigenvalue weighted by Gasteiger charge is -2.18. The molecule has 0 amide bonds. The number of imidazole rings is 1. The molecule has 27 heavy (non-hydrogen) atoms. The Kier molecular flexibility index (Phi) is 5.34. The van der Waals surface area contributed by atoms with E-state index in [4.69, 9.17) is 26.1 Å². The van der Waals surface area contributed by atoms with Crippen molar-refractivity contribution in [2.24, 2.45) is 0 Å². The number of aliphatic hydroxyl groups excluding tert-OH is 1. The summed E-state index contributed by atoms with van der Waals surface area (Å²) in [5.41, 5.74) is 2.87. The van der Waals surface area contributed by atoms with Gasteiger partial charge in [0.1, 0.15) is 30.4 Å². The molecule has 1 saturated heterocycles. The standard InChI is InChI=1S/C21H23ClN2O3/c1-14-11-15(22)8-9-19(14)27-13-16(25)12-24-18-6-3-2-5-17(18)23-21(24)20-7-4-10-26-20/h2-3,5-6,8-9,11,16,20,25H,4,7,10,12-13H2,1H3. The van der Waals surface area contributed by atoms with Crippen LogP contribution in [-0.2, 0) is 11.3 Å². The minimum Gasteiger partial charge on any atom is -0.491 e. The molecule has 2 aromatic carbocycles. The van der Waals surface area contributed by atoms with Crippen molar-refractivity contribution in [3.8, 4) is 5.75 Å². The molecule has 1 fully saturated rings. The summed E-state index contributed by atoms with van der Waals surface area (Å²) >= 11 is 5.98. The normalized spacial score (nSPS) is 18.1. The Labute approximate surface area is 163 Å². The van der Waals surface area contributed by atoms with Gasteiger partial charge in [-0.2, -0.15) is 0 Å². The second kappa shape index (κ2) is 7.89. The molecule has 1 aromatic heterocycles. The van der Waals surface area contributed by atoms with Crippen LogP contribution >= 0.6 is 11.6 Å². The average Bonchev–Trinajstić information content (AvgIpc) is 3.29. The van der Waals surface area contributed by atoms with Crippen LogP contribution in [0.4, 0.5) is 0 Å². The van der Waals surface area contributed by atoms with Crippen molar-refractivity contribution in [2.75, 3.05) is 13.2 Å². The van der Waals surface area contributed by atoms with Gasteiger partial charge >= 0.3 is 0 Å². The van der Waals surface area contributed by atoms with Crippen molar-refractivity contribution in [1.82, 2.24) is 9.55 Å². The Morgan fingerprint density at radius 1 is 1.33 bits per heavy atom. The van der Waals surface area contributed by atoms with Crippen molar-refractivity contribution < 1.29 is 14.6 Å². The largest absolute Gasteiger partial charge is 0.491 e. The number of fused-ring (bicyclic) bond motifs is 1. The van der Waals surface area contributed by atoms with E-state index in [9.17, 15) is 5.11 Å². The number of hydrogen-bond donors (Lipinski definition) is 1. The van der Waals surface area contributed by atoms with E-state index in [-0.39, 0.29) is 12.7 Å². The molecule has 2 atom stereocenters. The molecule has 1 aliphatic rings. The summed E-state index contributed by atoms with van der Waals surface area (Å²) in [4.78, 5) is 4.76. The molecule has 2 unspecified atom stereocenters. The van der Waals surface area contributed by atoms with E-state index in [1.54, 1.807) is 6.07 Å². The predicted octanol–water partition coefficient (Wildman–Crippen LogP) is 4.29. The van der Waals surface area contributed by atoms with Crippen LogP contribution in [0.15, 0.2) is 42.5 Å². The summed E-state index contributed by atoms with van der Waals surface area (Å²) in [6.07, 6.45) is 1.32. The van der Waals surface area contributed by atoms with E-state index in [1.165, 1.54) is 0 Å². The van der Waals surface area contributed by atoms with Gasteiger partial charge in [-0.25, -0.2) is 4.98 Å². The van der Waals surface area contributed by atoms with Crippen LogP contribution in [0.2, 0.25) is 5.02 Å². The fourth-order valence-corrected chi connectivity index (χ4v) is 3.76. The Morgan fingerprint density at radius 2 is 2.19 bits per heavy atom. The fourth-order valence-electron chi connectivity index (χ4n) is 3.54. The topological polar surface area (TPSA) is 56.5 Å². The van der Waals surface area contributed by atoms with Crippen LogP contribution in [0.25, 0.3) is 11.0 Å². The third-order valence-corrected chi connectivity index (χ3v) is 5.10. The quantitative estimate of drug-likeness (QED) is 0.686. The highest BCUT2D eigenvalue weighted by Crippen LogP contribution is 2.31. The van der Waals surface area contributed by atoms with E-state index in [0.717, 1.165) is 47.6 Å². The molecule has 0 spiro atoms. The zero-order valence-electron chi connectivity index (χ0n) is 15.3. The number of aryl methyl sites for hydroxylation is 1. The predicted molar refractivity (Wildman–Crippen MR) is 105 cm³/mol. The molecule has 4 rings (SSSR count). The number of ether oxygens (including phenoxy) is 2. The number of halogens is 1. The van der Waals surface area contributed by atoms with Gasteiger partial charge in [-0.3, -0.25) is 0 Å². The number of nitrogens with zero attached hydrogens (tertiary/aromatic N) is 2. The Hall–Kier alpha value is -2.08. The van der Waals surface area contributed by atoms with Crippen LogP contribution in [0.3, 0.4) is 0 Å². The number of benzene rings is 2. The first kappa shape index (κ1) is 18.3. The number of hydrogen-bond acceptors (Lipinski definition) is 4. The molecule has 0 aliphatic carbocycles. The summed E-state index contributed by atoms with van der Waals surface area (Å²) < 4.78 is 13.7. The zero-order valence-corrected chi connectivity index (χ0v) is 16.0. The molecule has 142 valence electrons. The lowest BCUT2D eigenvalue weighted by Crippen LogP contribution is -2.25. The summed E-state index contributed by atoms with van der Waals surface area (Å²) in [6.45, 7) is 3.30. The maximum atomic E-state index is 10.6. The third kappa shape index (κ3) is 3.95. The van der Waals surface area contributed by atoms with Crippen molar-refractivity contribution in [3.05, 3.63) is 58.9 Å². The van der Waals surface area contributed by atoms with E-state index >= 15 is 0 Å². The molecule has 0 bridgehead atoms. The summed E-state index contributed by atoms with van der Waals surface area (Å²) in [5, 5.41) is 11.3. The van der Waals surface area contributed by atoms with Crippen molar-refractivity contribution in [2.45, 2.75) is 38.5 Å². The molecule has 3 aromatic rings. The molecule has 0 radical (unpaired) electrons. The van der Waals surface area contributed by atoms with Crippen molar-refractivity contribution >= 4 is 22.6 Å². The minimum atomic E-state index is -0.669. The van der Waals surface area contributed by atoms with E-state index in [2.05, 4.69) is 4.57 Å². The van der Waals surface area contributed by atoms with Gasteiger partial charge in [0, 0.05) is 11.6 Å². The maximum Gasteiger partial charge on any atom is 0.139 e. The van der Waals surface area contributed by atoms with Gasteiger partial charge in [-0.05, 0) is 55.7 Å². The van der Waals surface area contributed by atoms with Crippen LogP contribution in [0.1, 0.15) is 30.3 Å². The second-order valence-corrected chi connectivity index (χ2v) is 7.38. The second-order valence-electron chi connectivity index (χ2n) is 6.95. The summed E-state index contributed by atoms with van der Waals surface area (Å²) in [7, 11) is 0. The number of aliphatic hydroxyl groups is 1. The summed E-state index contributed by atoms with van der Waals surface area (Å²) in [5.74, 6) is 1.61. The molecule has 1 N–H and O–H groups in total. The first-order valence-corrected chi connectivity index (χ1v) is 9.63. The van der Waals surface area contributed by atoms with Gasteiger partial charge in [0.05, 0.1) is 17.6 Å². The molecular weight excluding hydrogens is 364 g/mol. The van der Waals surface area contributed by atoms with Gasteiger partial charge in [0.2, 0.25) is 0 Å². The number of rotatable bonds is 6. The molecule has 5 nitrogen and oxygen atoms in total. The monoisotopic (exact) mass is 386 g/mol. The van der Waals surface area contributed by atoms with Crippen LogP contribution in [-0.4, -0.2) is 34.0 Å². The number of aromatic nitrogens is 2. The fraction of sp³-hybridized carbons (Fsp3) is 0.381. The maximum absolute atomic E-state index is 10.6. The lowest BCUT2D eigenvalue weighted by molar-refractivity contribution is 0.0804. The van der Waals surface area contributed by atoms with Gasteiger partial charge in [0.25, 0.3) is 0 Å². The zero-order chi connectivity index (χ0) is 18.8. The van der Waals surface area contributed by atoms with Gasteiger partial charge < -0.3 is 19.1 Å². The first-order chi connectivity index (χ1) is 13.1. The van der Waals surface area contributed by atoms with Crippen molar-refractivity contribution in [1.29, 1.82) is 0 Å². The van der Waals surface area contributed by atoms with Crippen molar-refractivity contribution in [3.63, 3.8) is 0 Å². The average molecular weight is 387 g/mol.